The summed E-state index contributed by atoms with van der Waals surface area (Å²) in [4.78, 5) is 55.8. The topological polar surface area (TPSA) is 129 Å². The Morgan fingerprint density at radius 1 is 1.10 bits per heavy atom. The summed E-state index contributed by atoms with van der Waals surface area (Å²) >= 11 is 0. The van der Waals surface area contributed by atoms with E-state index in [1.807, 2.05) is 40.7 Å². The van der Waals surface area contributed by atoms with Crippen LogP contribution in [0.1, 0.15) is 36.2 Å². The van der Waals surface area contributed by atoms with Crippen molar-refractivity contribution in [2.75, 3.05) is 49.1 Å². The predicted octanol–water partition coefficient (Wildman–Crippen LogP) is 2.74. The monoisotopic (exact) mass is 552 g/mol. The lowest BCUT2D eigenvalue weighted by Crippen LogP contribution is -2.52. The summed E-state index contributed by atoms with van der Waals surface area (Å²) in [7, 11) is 0. The van der Waals surface area contributed by atoms with Crippen LogP contribution in [0, 0.1) is 6.57 Å². The van der Waals surface area contributed by atoms with Gasteiger partial charge in [0.25, 0.3) is 5.82 Å². The van der Waals surface area contributed by atoms with Crippen LogP contribution in [0.15, 0.2) is 42.9 Å². The molecule has 3 aliphatic heterocycles. The highest BCUT2D eigenvalue weighted by molar-refractivity contribution is 6.12. The molecule has 0 spiro atoms. The molecule has 41 heavy (non-hydrogen) atoms. The van der Waals surface area contributed by atoms with E-state index in [4.69, 9.17) is 17.3 Å². The number of Topliss-reactive ketones (excluding diaryl/α,β-unsaturated/α-hetero) is 1. The summed E-state index contributed by atoms with van der Waals surface area (Å²) in [6.45, 7) is 15.5. The highest BCUT2D eigenvalue weighted by atomic mass is 16.2. The average Bonchev–Trinajstić information content (AvgIpc) is 3.41. The number of urea groups is 1. The van der Waals surface area contributed by atoms with Crippen molar-refractivity contribution in [2.24, 2.45) is 5.73 Å². The number of nitrogens with two attached hydrogens (primary N) is 1. The Labute approximate surface area is 238 Å². The second kappa shape index (κ2) is 10.4. The second-order valence-electron chi connectivity index (χ2n) is 11.1. The number of pyridine rings is 2. The van der Waals surface area contributed by atoms with Gasteiger partial charge in [0.15, 0.2) is 5.78 Å². The summed E-state index contributed by atoms with van der Waals surface area (Å²) in [6.07, 6.45) is 5.89. The second-order valence-corrected chi connectivity index (χ2v) is 11.1. The van der Waals surface area contributed by atoms with Crippen LogP contribution in [0.2, 0.25) is 0 Å². The lowest BCUT2D eigenvalue weighted by atomic mass is 9.97. The van der Waals surface area contributed by atoms with Crippen LogP contribution >= 0.6 is 0 Å². The number of hydrogen-bond acceptors (Lipinski definition) is 9. The number of hydrogen-bond donors (Lipinski definition) is 1. The van der Waals surface area contributed by atoms with E-state index in [9.17, 15) is 9.59 Å². The van der Waals surface area contributed by atoms with Gasteiger partial charge in [0.2, 0.25) is 5.95 Å². The third-order valence-electron chi connectivity index (χ3n) is 8.19. The molecule has 3 aromatic rings. The van der Waals surface area contributed by atoms with Crippen LogP contribution in [-0.4, -0.2) is 92.4 Å². The standard InChI is InChI=1S/C29H32N10O2/c1-29(2)24(40)22-7-8-23(35-26(22)39(29)16-19-6-4-10-32-25(19)31-3)20-14-33-27(34-15-20)36-12-13-38-21(17-36)18-37(28(38)41)11-5-9-30/h4,6-8,10,14-15,21H,5,9,11-13,16-18,30H2,1-2H3/t21-/m0/s1. The van der Waals surface area contributed by atoms with Gasteiger partial charge in [-0.25, -0.2) is 19.7 Å². The van der Waals surface area contributed by atoms with Crippen molar-refractivity contribution in [2.45, 2.75) is 38.4 Å². The molecule has 1 atom stereocenters. The minimum absolute atomic E-state index is 0.0162. The van der Waals surface area contributed by atoms with Gasteiger partial charge in [0.05, 0.1) is 22.8 Å². The first-order chi connectivity index (χ1) is 19.8. The Morgan fingerprint density at radius 2 is 1.90 bits per heavy atom. The van der Waals surface area contributed by atoms with E-state index in [1.54, 1.807) is 30.7 Å². The first-order valence-corrected chi connectivity index (χ1v) is 13.8. The Kier molecular flexibility index (Phi) is 6.75. The maximum absolute atomic E-state index is 13.3. The fourth-order valence-corrected chi connectivity index (χ4v) is 5.85. The third kappa shape index (κ3) is 4.62. The molecule has 2 amide bonds. The summed E-state index contributed by atoms with van der Waals surface area (Å²) in [6, 6.07) is 7.47. The summed E-state index contributed by atoms with van der Waals surface area (Å²) < 4.78 is 0. The molecule has 0 saturated carbocycles. The molecule has 6 heterocycles. The Bertz CT molecular complexity index is 1530. The van der Waals surface area contributed by atoms with E-state index in [0.29, 0.717) is 74.7 Å². The fourth-order valence-electron chi connectivity index (χ4n) is 5.85. The molecule has 0 aliphatic carbocycles. The van der Waals surface area contributed by atoms with Crippen molar-refractivity contribution in [1.29, 1.82) is 0 Å². The maximum atomic E-state index is 13.3. The normalized spacial score (nSPS) is 19.4. The molecule has 12 nitrogen and oxygen atoms in total. The molecule has 3 aromatic heterocycles. The molecular formula is C29H32N10O2. The van der Waals surface area contributed by atoms with E-state index in [1.165, 1.54) is 0 Å². The minimum atomic E-state index is -0.826. The SMILES string of the molecule is [C-]#[N+]c1ncccc1CN1c2nc(-c3cnc(N4CCN5C(=O)N(CCCN)C[C@@H]5C4)nc3)ccc2C(=O)C1(C)C. The van der Waals surface area contributed by atoms with Gasteiger partial charge in [-0.2, -0.15) is 0 Å². The molecule has 12 heteroatoms. The van der Waals surface area contributed by atoms with Gasteiger partial charge >= 0.3 is 6.03 Å². The number of piperazine rings is 1. The van der Waals surface area contributed by atoms with Crippen LogP contribution in [0.5, 0.6) is 0 Å². The van der Waals surface area contributed by atoms with Crippen LogP contribution in [-0.2, 0) is 6.54 Å². The number of aromatic nitrogens is 4. The Hall–Kier alpha value is -4.63. The highest BCUT2D eigenvalue weighted by Crippen LogP contribution is 2.40. The zero-order valence-corrected chi connectivity index (χ0v) is 23.2. The van der Waals surface area contributed by atoms with Crippen LogP contribution < -0.4 is 15.5 Å². The van der Waals surface area contributed by atoms with E-state index in [0.717, 1.165) is 17.5 Å². The summed E-state index contributed by atoms with van der Waals surface area (Å²) in [5, 5.41) is 0. The zero-order chi connectivity index (χ0) is 28.7. The number of rotatable bonds is 7. The molecule has 2 saturated heterocycles. The van der Waals surface area contributed by atoms with E-state index < -0.39 is 5.54 Å². The minimum Gasteiger partial charge on any atom is -0.360 e. The third-order valence-corrected chi connectivity index (χ3v) is 8.19. The Morgan fingerprint density at radius 3 is 2.66 bits per heavy atom. The first-order valence-electron chi connectivity index (χ1n) is 13.8. The van der Waals surface area contributed by atoms with Gasteiger partial charge < -0.3 is 30.2 Å². The molecule has 0 aromatic carbocycles. The molecular weight excluding hydrogens is 520 g/mol. The first kappa shape index (κ1) is 26.6. The van der Waals surface area contributed by atoms with Gasteiger partial charge in [-0.3, -0.25) is 4.79 Å². The smallest absolute Gasteiger partial charge is 0.320 e. The molecule has 2 fully saturated rings. The van der Waals surface area contributed by atoms with Crippen molar-refractivity contribution < 1.29 is 9.59 Å². The number of nitrogens with zero attached hydrogens (tertiary/aromatic N) is 9. The zero-order valence-electron chi connectivity index (χ0n) is 23.2. The van der Waals surface area contributed by atoms with Crippen molar-refractivity contribution >= 4 is 29.4 Å². The Balaban J connectivity index is 1.21. The van der Waals surface area contributed by atoms with Gasteiger partial charge in [-0.15, -0.1) is 4.98 Å². The average molecular weight is 553 g/mol. The van der Waals surface area contributed by atoms with Crippen molar-refractivity contribution in [1.82, 2.24) is 29.7 Å². The van der Waals surface area contributed by atoms with E-state index in [-0.39, 0.29) is 17.9 Å². The largest absolute Gasteiger partial charge is 0.360 e. The lowest BCUT2D eigenvalue weighted by molar-refractivity contribution is 0.0923. The van der Waals surface area contributed by atoms with Gasteiger partial charge in [0, 0.05) is 57.2 Å². The maximum Gasteiger partial charge on any atom is 0.320 e. The number of carbonyl (C=O) groups is 2. The van der Waals surface area contributed by atoms with Crippen LogP contribution in [0.3, 0.4) is 0 Å². The molecule has 6 rings (SSSR count). The van der Waals surface area contributed by atoms with Crippen LogP contribution in [0.25, 0.3) is 16.1 Å². The van der Waals surface area contributed by atoms with Crippen molar-refractivity contribution in [3.63, 3.8) is 0 Å². The fraction of sp³-hybridized carbons (Fsp3) is 0.414. The summed E-state index contributed by atoms with van der Waals surface area (Å²) in [5.74, 6) is 1.49. The number of carbonyl (C=O) groups excluding carboxylic acids is 2. The number of anilines is 2. The van der Waals surface area contributed by atoms with Crippen molar-refractivity contribution in [3.05, 3.63) is 65.4 Å². The quantitative estimate of drug-likeness (QED) is 0.440. The van der Waals surface area contributed by atoms with Crippen molar-refractivity contribution in [3.8, 4) is 11.3 Å². The van der Waals surface area contributed by atoms with E-state index >= 15 is 0 Å². The molecule has 0 radical (unpaired) electrons. The van der Waals surface area contributed by atoms with Gasteiger partial charge in [-0.05, 0) is 50.6 Å². The molecule has 0 unspecified atom stereocenters. The van der Waals surface area contributed by atoms with Crippen LogP contribution in [0.4, 0.5) is 22.4 Å². The summed E-state index contributed by atoms with van der Waals surface area (Å²) in [5.41, 5.74) is 7.49. The lowest BCUT2D eigenvalue weighted by Gasteiger charge is -2.36. The molecule has 2 N–H and O–H groups in total. The van der Waals surface area contributed by atoms with Gasteiger partial charge in [0.1, 0.15) is 12.0 Å². The molecule has 210 valence electrons. The number of ketones is 1. The van der Waals surface area contributed by atoms with Gasteiger partial charge in [-0.1, -0.05) is 12.6 Å². The molecule has 0 bridgehead atoms. The van der Waals surface area contributed by atoms with E-state index in [2.05, 4.69) is 24.7 Å². The highest BCUT2D eigenvalue weighted by Gasteiger charge is 2.45. The molecule has 3 aliphatic rings. The number of amides is 2. The number of fused-ring (bicyclic) bond motifs is 2. The predicted molar refractivity (Wildman–Crippen MR) is 154 cm³/mol.